The standard InChI is InChI=1S/C13H17N3O2/c1-10-7-14-8-13(18)16(10)9-12(17)15-11-5-3-2-4-6-11/h2-6,10,14H,7-9H2,1H3,(H,15,17)/t10-/m0/s1. The van der Waals surface area contributed by atoms with Crippen LogP contribution in [0.25, 0.3) is 0 Å². The topological polar surface area (TPSA) is 61.4 Å². The van der Waals surface area contributed by atoms with Gasteiger partial charge in [-0.15, -0.1) is 0 Å². The van der Waals surface area contributed by atoms with E-state index < -0.39 is 0 Å². The summed E-state index contributed by atoms with van der Waals surface area (Å²) in [4.78, 5) is 25.1. The third kappa shape index (κ3) is 3.07. The van der Waals surface area contributed by atoms with Crippen molar-refractivity contribution in [3.63, 3.8) is 0 Å². The normalized spacial score (nSPS) is 19.7. The van der Waals surface area contributed by atoms with E-state index in [0.29, 0.717) is 6.54 Å². The summed E-state index contributed by atoms with van der Waals surface area (Å²) in [5.41, 5.74) is 0.748. The number of hydrogen-bond acceptors (Lipinski definition) is 3. The lowest BCUT2D eigenvalue weighted by molar-refractivity contribution is -0.137. The van der Waals surface area contributed by atoms with Crippen LogP contribution in [0.4, 0.5) is 5.69 Å². The highest BCUT2D eigenvalue weighted by molar-refractivity contribution is 5.95. The van der Waals surface area contributed by atoms with Gasteiger partial charge in [-0.05, 0) is 19.1 Å². The zero-order valence-corrected chi connectivity index (χ0v) is 10.3. The second-order valence-corrected chi connectivity index (χ2v) is 4.42. The third-order valence-corrected chi connectivity index (χ3v) is 2.94. The van der Waals surface area contributed by atoms with Crippen molar-refractivity contribution in [3.05, 3.63) is 30.3 Å². The minimum Gasteiger partial charge on any atom is -0.328 e. The van der Waals surface area contributed by atoms with E-state index in [9.17, 15) is 9.59 Å². The number of benzene rings is 1. The Morgan fingerprint density at radius 2 is 2.17 bits per heavy atom. The predicted molar refractivity (Wildman–Crippen MR) is 69.1 cm³/mol. The lowest BCUT2D eigenvalue weighted by atomic mass is 10.2. The smallest absolute Gasteiger partial charge is 0.244 e. The van der Waals surface area contributed by atoms with Crippen LogP contribution in [-0.2, 0) is 9.59 Å². The molecular weight excluding hydrogens is 230 g/mol. The number of nitrogens with zero attached hydrogens (tertiary/aromatic N) is 1. The largest absolute Gasteiger partial charge is 0.328 e. The number of rotatable bonds is 3. The van der Waals surface area contributed by atoms with Gasteiger partial charge in [-0.25, -0.2) is 0 Å². The Morgan fingerprint density at radius 3 is 2.83 bits per heavy atom. The molecule has 96 valence electrons. The highest BCUT2D eigenvalue weighted by Gasteiger charge is 2.26. The number of nitrogens with one attached hydrogen (secondary N) is 2. The maximum Gasteiger partial charge on any atom is 0.244 e. The Hall–Kier alpha value is -1.88. The van der Waals surface area contributed by atoms with E-state index in [4.69, 9.17) is 0 Å². The summed E-state index contributed by atoms with van der Waals surface area (Å²) in [5.74, 6) is -0.194. The van der Waals surface area contributed by atoms with Crippen LogP contribution in [0.5, 0.6) is 0 Å². The minimum atomic E-state index is -0.164. The first-order valence-electron chi connectivity index (χ1n) is 6.02. The van der Waals surface area contributed by atoms with Gasteiger partial charge in [-0.2, -0.15) is 0 Å². The quantitative estimate of drug-likeness (QED) is 0.815. The van der Waals surface area contributed by atoms with E-state index in [2.05, 4.69) is 10.6 Å². The molecule has 0 spiro atoms. The Labute approximate surface area is 106 Å². The molecule has 1 aliphatic rings. The predicted octanol–water partition coefficient (Wildman–Crippen LogP) is 0.445. The monoisotopic (exact) mass is 247 g/mol. The molecule has 0 unspecified atom stereocenters. The molecule has 1 heterocycles. The Balaban J connectivity index is 1.92. The minimum absolute atomic E-state index is 0.0306. The molecule has 2 rings (SSSR count). The van der Waals surface area contributed by atoms with Crippen LogP contribution in [0.15, 0.2) is 30.3 Å². The van der Waals surface area contributed by atoms with E-state index in [-0.39, 0.29) is 24.4 Å². The molecule has 1 saturated heterocycles. The highest BCUT2D eigenvalue weighted by Crippen LogP contribution is 2.07. The first-order chi connectivity index (χ1) is 8.66. The van der Waals surface area contributed by atoms with E-state index in [1.165, 1.54) is 0 Å². The Morgan fingerprint density at radius 1 is 1.44 bits per heavy atom. The lowest BCUT2D eigenvalue weighted by Gasteiger charge is -2.33. The fourth-order valence-corrected chi connectivity index (χ4v) is 1.97. The van der Waals surface area contributed by atoms with Gasteiger partial charge in [0.25, 0.3) is 0 Å². The second kappa shape index (κ2) is 5.64. The van der Waals surface area contributed by atoms with Gasteiger partial charge in [0.05, 0.1) is 6.54 Å². The van der Waals surface area contributed by atoms with Crippen LogP contribution >= 0.6 is 0 Å². The van der Waals surface area contributed by atoms with Gasteiger partial charge in [-0.3, -0.25) is 9.59 Å². The van der Waals surface area contributed by atoms with Gasteiger partial charge in [0.15, 0.2) is 0 Å². The zero-order chi connectivity index (χ0) is 13.0. The fourth-order valence-electron chi connectivity index (χ4n) is 1.97. The Kier molecular flexibility index (Phi) is 3.94. The van der Waals surface area contributed by atoms with Crippen LogP contribution in [0.2, 0.25) is 0 Å². The van der Waals surface area contributed by atoms with E-state index in [0.717, 1.165) is 12.2 Å². The number of carbonyl (C=O) groups excluding carboxylic acids is 2. The molecule has 5 heteroatoms. The van der Waals surface area contributed by atoms with Crippen molar-refractivity contribution in [2.75, 3.05) is 25.0 Å². The summed E-state index contributed by atoms with van der Waals surface area (Å²) >= 11 is 0. The molecule has 0 radical (unpaired) electrons. The molecule has 18 heavy (non-hydrogen) atoms. The van der Waals surface area contributed by atoms with Crippen molar-refractivity contribution < 1.29 is 9.59 Å². The van der Waals surface area contributed by atoms with E-state index in [1.807, 2.05) is 37.3 Å². The molecule has 0 aliphatic carbocycles. The number of anilines is 1. The summed E-state index contributed by atoms with van der Waals surface area (Å²) in [6, 6.07) is 9.29. The summed E-state index contributed by atoms with van der Waals surface area (Å²) < 4.78 is 0. The Bertz CT molecular complexity index is 433. The summed E-state index contributed by atoms with van der Waals surface area (Å²) in [6.45, 7) is 3.07. The average Bonchev–Trinajstić information content (AvgIpc) is 2.35. The summed E-state index contributed by atoms with van der Waals surface area (Å²) in [5, 5.41) is 5.79. The second-order valence-electron chi connectivity index (χ2n) is 4.42. The van der Waals surface area contributed by atoms with E-state index >= 15 is 0 Å². The van der Waals surface area contributed by atoms with Gasteiger partial charge < -0.3 is 15.5 Å². The first kappa shape index (κ1) is 12.6. The molecule has 0 saturated carbocycles. The third-order valence-electron chi connectivity index (χ3n) is 2.94. The van der Waals surface area contributed by atoms with Crippen LogP contribution in [0, 0.1) is 0 Å². The van der Waals surface area contributed by atoms with Gasteiger partial charge in [0.2, 0.25) is 11.8 Å². The number of amides is 2. The van der Waals surface area contributed by atoms with Crippen molar-refractivity contribution in [1.29, 1.82) is 0 Å². The zero-order valence-electron chi connectivity index (χ0n) is 10.3. The van der Waals surface area contributed by atoms with Gasteiger partial charge in [-0.1, -0.05) is 18.2 Å². The van der Waals surface area contributed by atoms with Gasteiger partial charge in [0.1, 0.15) is 6.54 Å². The number of hydrogen-bond donors (Lipinski definition) is 2. The SMILES string of the molecule is C[C@H]1CNCC(=O)N1CC(=O)Nc1ccccc1. The first-order valence-corrected chi connectivity index (χ1v) is 6.02. The number of piperazine rings is 1. The molecule has 1 atom stereocenters. The maximum absolute atomic E-state index is 11.8. The molecule has 2 amide bonds. The molecule has 0 bridgehead atoms. The molecule has 2 N–H and O–H groups in total. The molecular formula is C13H17N3O2. The molecule has 1 aliphatic heterocycles. The van der Waals surface area contributed by atoms with Crippen LogP contribution in [-0.4, -0.2) is 42.4 Å². The average molecular weight is 247 g/mol. The van der Waals surface area contributed by atoms with Crippen molar-refractivity contribution >= 4 is 17.5 Å². The van der Waals surface area contributed by atoms with Gasteiger partial charge >= 0.3 is 0 Å². The van der Waals surface area contributed by atoms with Crippen LogP contribution < -0.4 is 10.6 Å². The molecule has 1 aromatic carbocycles. The number of para-hydroxylation sites is 1. The summed E-state index contributed by atoms with van der Waals surface area (Å²) in [7, 11) is 0. The van der Waals surface area contributed by atoms with Gasteiger partial charge in [0, 0.05) is 18.3 Å². The highest BCUT2D eigenvalue weighted by atomic mass is 16.2. The number of carbonyl (C=O) groups is 2. The summed E-state index contributed by atoms with van der Waals surface area (Å²) in [6.07, 6.45) is 0. The maximum atomic E-state index is 11.8. The fraction of sp³-hybridized carbons (Fsp3) is 0.385. The van der Waals surface area contributed by atoms with Crippen molar-refractivity contribution in [3.8, 4) is 0 Å². The van der Waals surface area contributed by atoms with Crippen molar-refractivity contribution in [1.82, 2.24) is 10.2 Å². The van der Waals surface area contributed by atoms with Crippen LogP contribution in [0.1, 0.15) is 6.92 Å². The molecule has 0 aromatic heterocycles. The molecule has 1 aromatic rings. The molecule has 5 nitrogen and oxygen atoms in total. The lowest BCUT2D eigenvalue weighted by Crippen LogP contribution is -2.55. The van der Waals surface area contributed by atoms with Crippen LogP contribution in [0.3, 0.4) is 0 Å². The van der Waals surface area contributed by atoms with Crippen molar-refractivity contribution in [2.45, 2.75) is 13.0 Å². The van der Waals surface area contributed by atoms with E-state index in [1.54, 1.807) is 4.90 Å². The molecule has 1 fully saturated rings. The van der Waals surface area contributed by atoms with Crippen molar-refractivity contribution in [2.24, 2.45) is 0 Å².